The molecule has 2 bridgehead atoms. The molecule has 1 amide bonds. The molecule has 2 saturated heterocycles. The second-order valence-electron chi connectivity index (χ2n) is 7.67. The second-order valence-corrected chi connectivity index (χ2v) is 7.67. The molecule has 2 aliphatic heterocycles. The zero-order chi connectivity index (χ0) is 17.5. The maximum absolute atomic E-state index is 12.7. The van der Waals surface area contributed by atoms with E-state index in [1.54, 1.807) is 29.0 Å². The van der Waals surface area contributed by atoms with Crippen molar-refractivity contribution in [2.45, 2.75) is 51.3 Å². The standard InChI is InChI=1S/C17H25N3O4/c1-17(2,3)24-16(22)20-13-5-11(6-14(20)10-23-9-13)15(21)12-7-18-19(4)8-12/h7-8,11,13-14H,5-6,9-10H2,1-4H3. The van der Waals surface area contributed by atoms with Crippen LogP contribution in [0.15, 0.2) is 12.4 Å². The van der Waals surface area contributed by atoms with Crippen molar-refractivity contribution in [3.63, 3.8) is 0 Å². The summed E-state index contributed by atoms with van der Waals surface area (Å²) in [5.74, 6) is -0.00405. The highest BCUT2D eigenvalue weighted by Crippen LogP contribution is 2.34. The molecule has 1 aromatic rings. The molecule has 0 aromatic carbocycles. The van der Waals surface area contributed by atoms with Gasteiger partial charge in [-0.2, -0.15) is 5.10 Å². The first-order valence-electron chi connectivity index (χ1n) is 8.36. The van der Waals surface area contributed by atoms with Crippen molar-refractivity contribution < 1.29 is 19.1 Å². The quantitative estimate of drug-likeness (QED) is 0.773. The third-order valence-corrected chi connectivity index (χ3v) is 4.48. The van der Waals surface area contributed by atoms with Crippen LogP contribution in [0.3, 0.4) is 0 Å². The minimum Gasteiger partial charge on any atom is -0.444 e. The van der Waals surface area contributed by atoms with Gasteiger partial charge < -0.3 is 9.47 Å². The van der Waals surface area contributed by atoms with Gasteiger partial charge in [-0.15, -0.1) is 0 Å². The van der Waals surface area contributed by atoms with Crippen LogP contribution in [0.1, 0.15) is 44.0 Å². The van der Waals surface area contributed by atoms with Gasteiger partial charge in [0.15, 0.2) is 5.78 Å². The van der Waals surface area contributed by atoms with Crippen LogP contribution in [0.5, 0.6) is 0 Å². The molecule has 1 aromatic heterocycles. The Morgan fingerprint density at radius 2 is 1.88 bits per heavy atom. The monoisotopic (exact) mass is 335 g/mol. The van der Waals surface area contributed by atoms with E-state index in [4.69, 9.17) is 9.47 Å². The zero-order valence-corrected chi connectivity index (χ0v) is 14.7. The number of rotatable bonds is 2. The van der Waals surface area contributed by atoms with Crippen LogP contribution in [0.4, 0.5) is 4.79 Å². The summed E-state index contributed by atoms with van der Waals surface area (Å²) in [6.45, 7) is 6.47. The Morgan fingerprint density at radius 1 is 1.25 bits per heavy atom. The lowest BCUT2D eigenvalue weighted by atomic mass is 9.81. The number of carbonyl (C=O) groups excluding carboxylic acids is 2. The molecule has 0 N–H and O–H groups in total. The van der Waals surface area contributed by atoms with Gasteiger partial charge in [0.25, 0.3) is 0 Å². The molecule has 7 heteroatoms. The smallest absolute Gasteiger partial charge is 0.410 e. The van der Waals surface area contributed by atoms with Crippen molar-refractivity contribution in [3.05, 3.63) is 18.0 Å². The van der Waals surface area contributed by atoms with Crippen molar-refractivity contribution in [2.24, 2.45) is 13.0 Å². The molecule has 0 saturated carbocycles. The molecule has 0 aliphatic carbocycles. The number of morpholine rings is 1. The number of nitrogens with zero attached hydrogens (tertiary/aromatic N) is 3. The lowest BCUT2D eigenvalue weighted by Gasteiger charge is -2.47. The van der Waals surface area contributed by atoms with E-state index in [1.165, 1.54) is 0 Å². The highest BCUT2D eigenvalue weighted by atomic mass is 16.6. The normalized spacial score (nSPS) is 27.0. The largest absolute Gasteiger partial charge is 0.444 e. The molecule has 7 nitrogen and oxygen atoms in total. The molecular formula is C17H25N3O4. The van der Waals surface area contributed by atoms with Crippen molar-refractivity contribution in [1.29, 1.82) is 0 Å². The van der Waals surface area contributed by atoms with E-state index >= 15 is 0 Å². The van der Waals surface area contributed by atoms with E-state index in [1.807, 2.05) is 20.8 Å². The first kappa shape index (κ1) is 17.0. The molecule has 24 heavy (non-hydrogen) atoms. The van der Waals surface area contributed by atoms with Crippen LogP contribution in [-0.2, 0) is 16.5 Å². The number of ether oxygens (including phenoxy) is 2. The Bertz CT molecular complexity index is 620. The molecule has 2 unspecified atom stereocenters. The Labute approximate surface area is 141 Å². The predicted octanol–water partition coefficient (Wildman–Crippen LogP) is 2.02. The van der Waals surface area contributed by atoms with Crippen LogP contribution in [0.2, 0.25) is 0 Å². The van der Waals surface area contributed by atoms with Crippen molar-refractivity contribution in [3.8, 4) is 0 Å². The van der Waals surface area contributed by atoms with Gasteiger partial charge in [0.05, 0.1) is 37.1 Å². The number of hydrogen-bond donors (Lipinski definition) is 0. The molecule has 2 aliphatic rings. The average Bonchev–Trinajstić information content (AvgIpc) is 2.89. The summed E-state index contributed by atoms with van der Waals surface area (Å²) in [6.07, 6.45) is 4.24. The predicted molar refractivity (Wildman–Crippen MR) is 86.7 cm³/mol. The van der Waals surface area contributed by atoms with Gasteiger partial charge in [0.1, 0.15) is 5.60 Å². The summed E-state index contributed by atoms with van der Waals surface area (Å²) in [7, 11) is 1.80. The van der Waals surface area contributed by atoms with E-state index < -0.39 is 5.60 Å². The van der Waals surface area contributed by atoms with Crippen molar-refractivity contribution in [1.82, 2.24) is 14.7 Å². The fourth-order valence-corrected chi connectivity index (χ4v) is 3.53. The van der Waals surface area contributed by atoms with E-state index in [2.05, 4.69) is 5.10 Å². The van der Waals surface area contributed by atoms with Crippen molar-refractivity contribution in [2.75, 3.05) is 13.2 Å². The van der Waals surface area contributed by atoms with Gasteiger partial charge in [-0.3, -0.25) is 14.4 Å². The van der Waals surface area contributed by atoms with Crippen LogP contribution in [0, 0.1) is 5.92 Å². The summed E-state index contributed by atoms with van der Waals surface area (Å²) < 4.78 is 12.8. The Hall–Kier alpha value is -1.89. The van der Waals surface area contributed by atoms with Gasteiger partial charge in [-0.25, -0.2) is 4.79 Å². The summed E-state index contributed by atoms with van der Waals surface area (Å²) in [4.78, 5) is 27.0. The number of aryl methyl sites for hydroxylation is 1. The lowest BCUT2D eigenvalue weighted by Crippen LogP contribution is -2.60. The highest BCUT2D eigenvalue weighted by molar-refractivity contribution is 5.97. The van der Waals surface area contributed by atoms with Gasteiger partial charge in [-0.1, -0.05) is 0 Å². The maximum Gasteiger partial charge on any atom is 0.410 e. The SMILES string of the molecule is Cn1cc(C(=O)C2CC3COCC(C2)N3C(=O)OC(C)(C)C)cn1. The number of carbonyl (C=O) groups is 2. The molecular weight excluding hydrogens is 310 g/mol. The maximum atomic E-state index is 12.7. The van der Waals surface area contributed by atoms with Gasteiger partial charge in [0, 0.05) is 19.2 Å². The van der Waals surface area contributed by atoms with E-state index in [-0.39, 0.29) is 29.9 Å². The minimum absolute atomic E-state index is 0.101. The third kappa shape index (κ3) is 3.45. The highest BCUT2D eigenvalue weighted by Gasteiger charge is 2.45. The summed E-state index contributed by atoms with van der Waals surface area (Å²) in [5.41, 5.74) is 0.0986. The first-order valence-corrected chi connectivity index (χ1v) is 8.36. The fourth-order valence-electron chi connectivity index (χ4n) is 3.53. The average molecular weight is 335 g/mol. The van der Waals surface area contributed by atoms with Crippen LogP contribution >= 0.6 is 0 Å². The summed E-state index contributed by atoms with van der Waals surface area (Å²) in [6, 6.07) is -0.226. The lowest BCUT2D eigenvalue weighted by molar-refractivity contribution is -0.0861. The van der Waals surface area contributed by atoms with E-state index in [9.17, 15) is 9.59 Å². The third-order valence-electron chi connectivity index (χ3n) is 4.48. The number of fused-ring (bicyclic) bond motifs is 2. The molecule has 0 spiro atoms. The molecule has 2 fully saturated rings. The van der Waals surface area contributed by atoms with E-state index in [0.717, 1.165) is 0 Å². The topological polar surface area (TPSA) is 73.7 Å². The number of aromatic nitrogens is 2. The number of hydrogen-bond acceptors (Lipinski definition) is 5. The van der Waals surface area contributed by atoms with Crippen LogP contribution < -0.4 is 0 Å². The Balaban J connectivity index is 1.73. The number of ketones is 1. The Kier molecular flexibility index (Phi) is 4.38. The van der Waals surface area contributed by atoms with Gasteiger partial charge in [-0.05, 0) is 33.6 Å². The van der Waals surface area contributed by atoms with Gasteiger partial charge in [0.2, 0.25) is 0 Å². The van der Waals surface area contributed by atoms with Crippen LogP contribution in [-0.4, -0.2) is 57.5 Å². The molecule has 132 valence electrons. The first-order chi connectivity index (χ1) is 11.2. The van der Waals surface area contributed by atoms with Crippen molar-refractivity contribution >= 4 is 11.9 Å². The molecule has 3 rings (SSSR count). The number of Topliss-reactive ketones (excluding diaryl/α,β-unsaturated/α-hetero) is 1. The number of piperidine rings is 1. The molecule has 3 heterocycles. The fraction of sp³-hybridized carbons (Fsp3) is 0.706. The Morgan fingerprint density at radius 3 is 2.38 bits per heavy atom. The van der Waals surface area contributed by atoms with Crippen LogP contribution in [0.25, 0.3) is 0 Å². The molecule has 0 radical (unpaired) electrons. The minimum atomic E-state index is -0.533. The number of amides is 1. The zero-order valence-electron chi connectivity index (χ0n) is 14.7. The second kappa shape index (κ2) is 6.20. The summed E-state index contributed by atoms with van der Waals surface area (Å²) >= 11 is 0. The molecule has 2 atom stereocenters. The van der Waals surface area contributed by atoms with E-state index in [0.29, 0.717) is 31.6 Å². The summed E-state index contributed by atoms with van der Waals surface area (Å²) in [5, 5.41) is 4.07. The van der Waals surface area contributed by atoms with Gasteiger partial charge >= 0.3 is 6.09 Å².